The molecule has 0 unspecified atom stereocenters. The number of hydrogen-bond donors (Lipinski definition) is 2. The van der Waals surface area contributed by atoms with Gasteiger partial charge in [0.15, 0.2) is 0 Å². The van der Waals surface area contributed by atoms with E-state index in [0.29, 0.717) is 11.6 Å². The molecule has 2 heterocycles. The van der Waals surface area contributed by atoms with Gasteiger partial charge in [-0.2, -0.15) is 0 Å². The van der Waals surface area contributed by atoms with Crippen molar-refractivity contribution in [2.45, 2.75) is 18.9 Å². The number of anilines is 1. The van der Waals surface area contributed by atoms with Crippen molar-refractivity contribution < 1.29 is 9.59 Å². The number of para-hydroxylation sites is 1. The summed E-state index contributed by atoms with van der Waals surface area (Å²) in [6.45, 7) is 1.91. The van der Waals surface area contributed by atoms with Crippen LogP contribution < -0.4 is 10.6 Å². The highest BCUT2D eigenvalue weighted by atomic mass is 35.5. The number of thiophene rings is 1. The molecule has 0 radical (unpaired) electrons. The Labute approximate surface area is 190 Å². The van der Waals surface area contributed by atoms with Crippen molar-refractivity contribution in [2.75, 3.05) is 25.0 Å². The molecule has 0 aliphatic carbocycles. The van der Waals surface area contributed by atoms with Crippen LogP contribution >= 0.6 is 22.9 Å². The number of fused-ring (bicyclic) bond motifs is 1. The standard InChI is InChI=1S/C24H24ClN3O2S/c25-24-19-8-4-5-9-20(19)31-21(24)10-11-22(29)26-18-12-14-28(15-13-18)16-23(30)27-17-6-2-1-3-7-17/h1-11,18H,12-16H2,(H,26,29)(H,27,30)/b11-10+. The fourth-order valence-electron chi connectivity index (χ4n) is 3.70. The summed E-state index contributed by atoms with van der Waals surface area (Å²) >= 11 is 8.01. The Balaban J connectivity index is 1.23. The molecule has 1 aromatic heterocycles. The molecule has 1 fully saturated rings. The predicted molar refractivity (Wildman–Crippen MR) is 129 cm³/mol. The minimum atomic E-state index is -0.117. The third kappa shape index (κ3) is 5.73. The summed E-state index contributed by atoms with van der Waals surface area (Å²) in [5.41, 5.74) is 0.806. The van der Waals surface area contributed by atoms with E-state index < -0.39 is 0 Å². The van der Waals surface area contributed by atoms with Crippen LogP contribution in [0, 0.1) is 0 Å². The van der Waals surface area contributed by atoms with E-state index >= 15 is 0 Å². The first kappa shape index (κ1) is 21.6. The van der Waals surface area contributed by atoms with E-state index in [2.05, 4.69) is 15.5 Å². The molecular formula is C24H24ClN3O2S. The zero-order chi connectivity index (χ0) is 21.6. The highest BCUT2D eigenvalue weighted by Crippen LogP contribution is 2.35. The molecule has 2 aromatic carbocycles. The topological polar surface area (TPSA) is 61.4 Å². The number of halogens is 1. The Kier molecular flexibility index (Phi) is 7.02. The molecule has 0 spiro atoms. The molecule has 1 aliphatic heterocycles. The van der Waals surface area contributed by atoms with Crippen molar-refractivity contribution in [2.24, 2.45) is 0 Å². The number of amides is 2. The summed E-state index contributed by atoms with van der Waals surface area (Å²) in [5.74, 6) is -0.134. The van der Waals surface area contributed by atoms with Crippen LogP contribution in [0.5, 0.6) is 0 Å². The lowest BCUT2D eigenvalue weighted by molar-refractivity contribution is -0.119. The molecule has 0 bridgehead atoms. The van der Waals surface area contributed by atoms with E-state index in [-0.39, 0.29) is 17.9 Å². The lowest BCUT2D eigenvalue weighted by Gasteiger charge is -2.31. The van der Waals surface area contributed by atoms with Gasteiger partial charge in [0, 0.05) is 45.9 Å². The number of nitrogens with one attached hydrogen (secondary N) is 2. The molecular weight excluding hydrogens is 430 g/mol. The van der Waals surface area contributed by atoms with Gasteiger partial charge in [-0.1, -0.05) is 48.0 Å². The first-order valence-electron chi connectivity index (χ1n) is 10.3. The van der Waals surface area contributed by atoms with Gasteiger partial charge in [-0.15, -0.1) is 11.3 Å². The van der Waals surface area contributed by atoms with Gasteiger partial charge in [0.1, 0.15) is 0 Å². The van der Waals surface area contributed by atoms with Crippen LogP contribution in [0.15, 0.2) is 60.7 Å². The van der Waals surface area contributed by atoms with Crippen LogP contribution in [0.4, 0.5) is 5.69 Å². The summed E-state index contributed by atoms with van der Waals surface area (Å²) in [7, 11) is 0. The first-order valence-corrected chi connectivity index (χ1v) is 11.5. The maximum absolute atomic E-state index is 12.4. The molecule has 1 saturated heterocycles. The second-order valence-corrected chi connectivity index (χ2v) is 9.04. The lowest BCUT2D eigenvalue weighted by Crippen LogP contribution is -2.46. The van der Waals surface area contributed by atoms with Crippen LogP contribution in [0.2, 0.25) is 5.02 Å². The van der Waals surface area contributed by atoms with E-state index in [0.717, 1.165) is 46.6 Å². The summed E-state index contributed by atoms with van der Waals surface area (Å²) in [6.07, 6.45) is 4.98. The zero-order valence-electron chi connectivity index (χ0n) is 17.0. The molecule has 4 rings (SSSR count). The van der Waals surface area contributed by atoms with E-state index in [1.54, 1.807) is 23.5 Å². The van der Waals surface area contributed by atoms with Gasteiger partial charge in [-0.05, 0) is 37.1 Å². The number of carbonyl (C=O) groups excluding carboxylic acids is 2. The number of likely N-dealkylation sites (tertiary alicyclic amines) is 1. The largest absolute Gasteiger partial charge is 0.350 e. The molecule has 7 heteroatoms. The Morgan fingerprint density at radius 3 is 2.52 bits per heavy atom. The van der Waals surface area contributed by atoms with Crippen molar-refractivity contribution in [3.8, 4) is 0 Å². The predicted octanol–water partition coefficient (Wildman–Crippen LogP) is 4.79. The molecule has 31 heavy (non-hydrogen) atoms. The molecule has 0 saturated carbocycles. The number of piperidine rings is 1. The van der Waals surface area contributed by atoms with Crippen LogP contribution in [-0.2, 0) is 9.59 Å². The van der Waals surface area contributed by atoms with Gasteiger partial charge in [0.25, 0.3) is 0 Å². The lowest BCUT2D eigenvalue weighted by atomic mass is 10.0. The normalized spacial score (nSPS) is 15.4. The van der Waals surface area contributed by atoms with Crippen LogP contribution in [0.25, 0.3) is 16.2 Å². The number of benzene rings is 2. The van der Waals surface area contributed by atoms with Crippen molar-refractivity contribution in [1.29, 1.82) is 0 Å². The van der Waals surface area contributed by atoms with Crippen molar-refractivity contribution >= 4 is 56.6 Å². The third-order valence-electron chi connectivity index (χ3n) is 5.30. The quantitative estimate of drug-likeness (QED) is 0.527. The van der Waals surface area contributed by atoms with E-state index in [4.69, 9.17) is 11.6 Å². The maximum atomic E-state index is 12.4. The molecule has 160 valence electrons. The molecule has 0 atom stereocenters. The Bertz CT molecular complexity index is 1090. The average Bonchev–Trinajstić information content (AvgIpc) is 3.10. The van der Waals surface area contributed by atoms with Crippen molar-refractivity contribution in [3.05, 3.63) is 70.6 Å². The highest BCUT2D eigenvalue weighted by molar-refractivity contribution is 7.20. The van der Waals surface area contributed by atoms with Gasteiger partial charge in [-0.3, -0.25) is 14.5 Å². The molecule has 2 amide bonds. The first-order chi connectivity index (χ1) is 15.1. The van der Waals surface area contributed by atoms with Crippen molar-refractivity contribution in [1.82, 2.24) is 10.2 Å². The SMILES string of the molecule is O=C(/C=C/c1sc2ccccc2c1Cl)NC1CCN(CC(=O)Nc2ccccc2)CC1. The van der Waals surface area contributed by atoms with Gasteiger partial charge in [0.2, 0.25) is 11.8 Å². The molecule has 1 aliphatic rings. The molecule has 3 aromatic rings. The van der Waals surface area contributed by atoms with Gasteiger partial charge in [0.05, 0.1) is 11.6 Å². The second-order valence-electron chi connectivity index (χ2n) is 7.58. The maximum Gasteiger partial charge on any atom is 0.244 e. The van der Waals surface area contributed by atoms with Gasteiger partial charge < -0.3 is 10.6 Å². The Morgan fingerprint density at radius 1 is 1.06 bits per heavy atom. The highest BCUT2D eigenvalue weighted by Gasteiger charge is 2.21. The summed E-state index contributed by atoms with van der Waals surface area (Å²) in [5, 5.41) is 7.67. The Morgan fingerprint density at radius 2 is 1.77 bits per heavy atom. The fraction of sp³-hybridized carbons (Fsp3) is 0.250. The van der Waals surface area contributed by atoms with E-state index in [1.165, 1.54) is 0 Å². The van der Waals surface area contributed by atoms with Crippen molar-refractivity contribution in [3.63, 3.8) is 0 Å². The monoisotopic (exact) mass is 453 g/mol. The summed E-state index contributed by atoms with van der Waals surface area (Å²) in [4.78, 5) is 27.6. The van der Waals surface area contributed by atoms with Gasteiger partial charge in [-0.25, -0.2) is 0 Å². The van der Waals surface area contributed by atoms with Gasteiger partial charge >= 0.3 is 0 Å². The van der Waals surface area contributed by atoms with E-state index in [1.807, 2.05) is 54.6 Å². The van der Waals surface area contributed by atoms with Crippen LogP contribution in [-0.4, -0.2) is 42.4 Å². The zero-order valence-corrected chi connectivity index (χ0v) is 18.6. The summed E-state index contributed by atoms with van der Waals surface area (Å²) < 4.78 is 1.11. The average molecular weight is 454 g/mol. The van der Waals surface area contributed by atoms with Crippen LogP contribution in [0.1, 0.15) is 17.7 Å². The minimum Gasteiger partial charge on any atom is -0.350 e. The number of carbonyl (C=O) groups is 2. The summed E-state index contributed by atoms with van der Waals surface area (Å²) in [6, 6.07) is 17.5. The number of nitrogens with zero attached hydrogens (tertiary/aromatic N) is 1. The third-order valence-corrected chi connectivity index (χ3v) is 6.96. The molecule has 5 nitrogen and oxygen atoms in total. The molecule has 2 N–H and O–H groups in total. The smallest absolute Gasteiger partial charge is 0.244 e. The number of rotatable bonds is 6. The Hall–Kier alpha value is -2.67. The van der Waals surface area contributed by atoms with Crippen LogP contribution in [0.3, 0.4) is 0 Å². The minimum absolute atomic E-state index is 0.0168. The van der Waals surface area contributed by atoms with E-state index in [9.17, 15) is 9.59 Å². The fourth-order valence-corrected chi connectivity index (χ4v) is 5.10. The number of hydrogen-bond acceptors (Lipinski definition) is 4. The second kappa shape index (κ2) is 10.1.